The van der Waals surface area contributed by atoms with Crippen LogP contribution in [0.1, 0.15) is 5.56 Å². The molecule has 0 aliphatic rings. The first-order chi connectivity index (χ1) is 11.6. The van der Waals surface area contributed by atoms with Gasteiger partial charge in [-0.25, -0.2) is 4.98 Å². The first-order valence-electron chi connectivity index (χ1n) is 7.67. The molecule has 0 amide bonds. The highest BCUT2D eigenvalue weighted by Crippen LogP contribution is 2.33. The molecule has 4 aromatic rings. The van der Waals surface area contributed by atoms with Crippen LogP contribution in [0.5, 0.6) is 0 Å². The van der Waals surface area contributed by atoms with Crippen LogP contribution in [-0.2, 0) is 0 Å². The Morgan fingerprint density at radius 3 is 2.29 bits per heavy atom. The van der Waals surface area contributed by atoms with Gasteiger partial charge in [0.05, 0.1) is 16.1 Å². The minimum absolute atomic E-state index is 0.0828. The van der Waals surface area contributed by atoms with E-state index in [1.807, 2.05) is 30.3 Å². The Kier molecular flexibility index (Phi) is 3.24. The molecule has 0 spiro atoms. The van der Waals surface area contributed by atoms with Gasteiger partial charge in [-0.15, -0.1) is 0 Å². The minimum Gasteiger partial charge on any atom is -0.258 e. The summed E-state index contributed by atoms with van der Waals surface area (Å²) in [6.07, 6.45) is 0. The third-order valence-corrected chi connectivity index (χ3v) is 4.21. The van der Waals surface area contributed by atoms with Gasteiger partial charge < -0.3 is 0 Å². The normalized spacial score (nSPS) is 11.0. The smallest absolute Gasteiger partial charge is 0.258 e. The number of hydrogen-bond acceptors (Lipinski definition) is 3. The standard InChI is InChI=1S/C20H14N2O2/c1-13-6-11-19-18(12-13)16-4-2-3-5-17(16)20(21-19)14-7-9-15(10-8-14)22(23)24/h2-12H,1H3. The number of benzene rings is 3. The fraction of sp³-hybridized carbons (Fsp3) is 0.0500. The summed E-state index contributed by atoms with van der Waals surface area (Å²) in [4.78, 5) is 15.3. The van der Waals surface area contributed by atoms with Crippen LogP contribution in [0.4, 0.5) is 5.69 Å². The summed E-state index contributed by atoms with van der Waals surface area (Å²) >= 11 is 0. The van der Waals surface area contributed by atoms with Crippen molar-refractivity contribution in [3.05, 3.63) is 82.4 Å². The number of nitro benzene ring substituents is 1. The molecule has 0 unspecified atom stereocenters. The molecule has 4 rings (SSSR count). The van der Waals surface area contributed by atoms with Crippen LogP contribution in [0.2, 0.25) is 0 Å². The molecular formula is C20H14N2O2. The highest BCUT2D eigenvalue weighted by molar-refractivity contribution is 6.10. The largest absolute Gasteiger partial charge is 0.269 e. The summed E-state index contributed by atoms with van der Waals surface area (Å²) in [6, 6.07) is 20.9. The Morgan fingerprint density at radius 2 is 1.58 bits per heavy atom. The van der Waals surface area contributed by atoms with E-state index >= 15 is 0 Å². The molecule has 1 aromatic heterocycles. The summed E-state index contributed by atoms with van der Waals surface area (Å²) in [7, 11) is 0. The Bertz CT molecular complexity index is 1090. The lowest BCUT2D eigenvalue weighted by atomic mass is 9.99. The minimum atomic E-state index is -0.390. The van der Waals surface area contributed by atoms with Gasteiger partial charge in [0.25, 0.3) is 5.69 Å². The molecule has 0 bridgehead atoms. The van der Waals surface area contributed by atoms with E-state index in [2.05, 4.69) is 19.1 Å². The summed E-state index contributed by atoms with van der Waals surface area (Å²) in [5.74, 6) is 0. The Labute approximate surface area is 138 Å². The maximum atomic E-state index is 10.9. The number of aromatic nitrogens is 1. The SMILES string of the molecule is Cc1ccc2nc(-c3ccc([N+](=O)[O-])cc3)c3ccccc3c2c1. The molecule has 0 radical (unpaired) electrons. The zero-order valence-electron chi connectivity index (χ0n) is 13.1. The zero-order valence-corrected chi connectivity index (χ0v) is 13.1. The second kappa shape index (κ2) is 5.42. The van der Waals surface area contributed by atoms with Crippen molar-refractivity contribution >= 4 is 27.4 Å². The summed E-state index contributed by atoms with van der Waals surface area (Å²) in [5.41, 5.74) is 3.92. The van der Waals surface area contributed by atoms with E-state index in [0.29, 0.717) is 0 Å². The summed E-state index contributed by atoms with van der Waals surface area (Å²) < 4.78 is 0. The first-order valence-corrected chi connectivity index (χ1v) is 7.67. The summed E-state index contributed by atoms with van der Waals surface area (Å²) in [6.45, 7) is 2.07. The van der Waals surface area contributed by atoms with Crippen molar-refractivity contribution in [2.45, 2.75) is 6.92 Å². The van der Waals surface area contributed by atoms with Crippen LogP contribution in [-0.4, -0.2) is 9.91 Å². The predicted octanol–water partition coefficient (Wildman–Crippen LogP) is 5.27. The van der Waals surface area contributed by atoms with Gasteiger partial charge in [0.2, 0.25) is 0 Å². The first kappa shape index (κ1) is 14.3. The number of rotatable bonds is 2. The Morgan fingerprint density at radius 1 is 0.875 bits per heavy atom. The zero-order chi connectivity index (χ0) is 16.7. The molecule has 1 heterocycles. The molecule has 116 valence electrons. The molecule has 0 saturated carbocycles. The maximum Gasteiger partial charge on any atom is 0.269 e. The maximum absolute atomic E-state index is 10.9. The van der Waals surface area contributed by atoms with Crippen molar-refractivity contribution in [1.29, 1.82) is 0 Å². The van der Waals surface area contributed by atoms with Gasteiger partial charge in [-0.1, -0.05) is 35.9 Å². The third kappa shape index (κ3) is 2.29. The number of non-ortho nitro benzene ring substituents is 1. The van der Waals surface area contributed by atoms with Crippen LogP contribution in [0.15, 0.2) is 66.7 Å². The van der Waals surface area contributed by atoms with E-state index in [0.717, 1.165) is 32.9 Å². The van der Waals surface area contributed by atoms with E-state index in [9.17, 15) is 10.1 Å². The van der Waals surface area contributed by atoms with Crippen LogP contribution in [0.3, 0.4) is 0 Å². The van der Waals surface area contributed by atoms with E-state index in [-0.39, 0.29) is 5.69 Å². The van der Waals surface area contributed by atoms with E-state index in [4.69, 9.17) is 4.98 Å². The monoisotopic (exact) mass is 314 g/mol. The van der Waals surface area contributed by atoms with Gasteiger partial charge in [-0.05, 0) is 36.6 Å². The lowest BCUT2D eigenvalue weighted by molar-refractivity contribution is -0.384. The Hall–Kier alpha value is -3.27. The van der Waals surface area contributed by atoms with E-state index < -0.39 is 4.92 Å². The molecule has 0 aliphatic heterocycles. The fourth-order valence-corrected chi connectivity index (χ4v) is 3.03. The van der Waals surface area contributed by atoms with Gasteiger partial charge in [-0.3, -0.25) is 10.1 Å². The molecular weight excluding hydrogens is 300 g/mol. The number of fused-ring (bicyclic) bond motifs is 3. The quantitative estimate of drug-likeness (QED) is 0.288. The molecule has 0 N–H and O–H groups in total. The number of pyridine rings is 1. The number of nitrogens with zero attached hydrogens (tertiary/aromatic N) is 2. The van der Waals surface area contributed by atoms with Gasteiger partial charge in [0, 0.05) is 28.5 Å². The van der Waals surface area contributed by atoms with Crippen LogP contribution in [0, 0.1) is 17.0 Å². The van der Waals surface area contributed by atoms with Gasteiger partial charge >= 0.3 is 0 Å². The average molecular weight is 314 g/mol. The van der Waals surface area contributed by atoms with Crippen molar-refractivity contribution in [3.8, 4) is 11.3 Å². The highest BCUT2D eigenvalue weighted by atomic mass is 16.6. The van der Waals surface area contributed by atoms with E-state index in [1.54, 1.807) is 12.1 Å². The average Bonchev–Trinajstić information content (AvgIpc) is 2.61. The van der Waals surface area contributed by atoms with Crippen LogP contribution >= 0.6 is 0 Å². The number of aryl methyl sites for hydroxylation is 1. The van der Waals surface area contributed by atoms with Gasteiger partial charge in [0.1, 0.15) is 0 Å². The van der Waals surface area contributed by atoms with Crippen molar-refractivity contribution in [2.24, 2.45) is 0 Å². The van der Waals surface area contributed by atoms with E-state index in [1.165, 1.54) is 17.7 Å². The fourth-order valence-electron chi connectivity index (χ4n) is 3.03. The van der Waals surface area contributed by atoms with Crippen molar-refractivity contribution in [3.63, 3.8) is 0 Å². The molecule has 24 heavy (non-hydrogen) atoms. The molecule has 0 fully saturated rings. The molecule has 3 aromatic carbocycles. The second-order valence-electron chi connectivity index (χ2n) is 5.83. The molecule has 4 heteroatoms. The van der Waals surface area contributed by atoms with Gasteiger partial charge in [-0.2, -0.15) is 0 Å². The molecule has 4 nitrogen and oxygen atoms in total. The third-order valence-electron chi connectivity index (χ3n) is 4.21. The lowest BCUT2D eigenvalue weighted by Gasteiger charge is -2.10. The lowest BCUT2D eigenvalue weighted by Crippen LogP contribution is -1.91. The second-order valence-corrected chi connectivity index (χ2v) is 5.83. The topological polar surface area (TPSA) is 56.0 Å². The molecule has 0 atom stereocenters. The Balaban J connectivity index is 2.03. The van der Waals surface area contributed by atoms with Crippen molar-refractivity contribution in [1.82, 2.24) is 4.98 Å². The highest BCUT2D eigenvalue weighted by Gasteiger charge is 2.12. The molecule has 0 saturated heterocycles. The van der Waals surface area contributed by atoms with Crippen molar-refractivity contribution in [2.75, 3.05) is 0 Å². The number of hydrogen-bond donors (Lipinski definition) is 0. The van der Waals surface area contributed by atoms with Crippen LogP contribution < -0.4 is 0 Å². The number of nitro groups is 1. The van der Waals surface area contributed by atoms with Gasteiger partial charge in [0.15, 0.2) is 0 Å². The molecule has 0 aliphatic carbocycles. The van der Waals surface area contributed by atoms with Crippen LogP contribution in [0.25, 0.3) is 32.9 Å². The predicted molar refractivity (Wildman–Crippen MR) is 96.1 cm³/mol. The van der Waals surface area contributed by atoms with Crippen molar-refractivity contribution < 1.29 is 4.92 Å². The summed E-state index contributed by atoms with van der Waals surface area (Å²) in [5, 5.41) is 14.2.